The van der Waals surface area contributed by atoms with Crippen LogP contribution in [0.5, 0.6) is 0 Å². The minimum absolute atomic E-state index is 0.00337. The molecular weight excluding hydrogens is 568 g/mol. The lowest BCUT2D eigenvalue weighted by Crippen LogP contribution is -2.70. The van der Waals surface area contributed by atoms with Crippen LogP contribution in [0.15, 0.2) is 91.0 Å². The van der Waals surface area contributed by atoms with E-state index in [4.69, 9.17) is 23.4 Å². The van der Waals surface area contributed by atoms with Gasteiger partial charge in [0.15, 0.2) is 18.0 Å². The summed E-state index contributed by atoms with van der Waals surface area (Å²) in [4.78, 5) is 27.8. The third kappa shape index (κ3) is 7.16. The summed E-state index contributed by atoms with van der Waals surface area (Å²) in [5.74, 6) is -2.88. The monoisotopic (exact) mass is 604 g/mol. The average Bonchev–Trinajstić information content (AvgIpc) is 3.34. The first kappa shape index (κ1) is 32.0. The van der Waals surface area contributed by atoms with Crippen molar-refractivity contribution in [2.45, 2.75) is 57.9 Å². The van der Waals surface area contributed by atoms with Gasteiger partial charge in [-0.2, -0.15) is 4.79 Å². The zero-order valence-corrected chi connectivity index (χ0v) is 25.6. The molecule has 226 valence electrons. The van der Waals surface area contributed by atoms with Crippen molar-refractivity contribution in [3.8, 4) is 0 Å². The first-order valence-electron chi connectivity index (χ1n) is 14.0. The van der Waals surface area contributed by atoms with Crippen LogP contribution in [0.4, 0.5) is 0 Å². The van der Waals surface area contributed by atoms with Crippen molar-refractivity contribution in [1.82, 2.24) is 0 Å². The van der Waals surface area contributed by atoms with Crippen LogP contribution in [0, 0.1) is 0 Å². The van der Waals surface area contributed by atoms with Crippen LogP contribution in [0.25, 0.3) is 5.53 Å². The van der Waals surface area contributed by atoms with Crippen LogP contribution >= 0.6 is 0 Å². The number of ether oxygens (including phenoxy) is 4. The van der Waals surface area contributed by atoms with Gasteiger partial charge in [-0.3, -0.25) is 4.79 Å². The number of carbonyl (C=O) groups is 2. The SMILES string of the molecule is CCOC(=O)C(=[N+]=[N-])C(O)[C@H]1OC(C)(C)O[C@@H]1[C@@H](CO[Si](c1ccccc1)(c1ccccc1)c1ccccc1)OC(C)=O. The van der Waals surface area contributed by atoms with Crippen molar-refractivity contribution in [3.63, 3.8) is 0 Å². The number of carbonyl (C=O) groups excluding carboxylic acids is 2. The second kappa shape index (κ2) is 14.0. The van der Waals surface area contributed by atoms with E-state index in [-0.39, 0.29) is 13.2 Å². The van der Waals surface area contributed by atoms with Crippen molar-refractivity contribution < 1.29 is 42.9 Å². The summed E-state index contributed by atoms with van der Waals surface area (Å²) in [5.41, 5.74) is 8.90. The molecule has 3 aromatic rings. The molecule has 1 unspecified atom stereocenters. The van der Waals surface area contributed by atoms with Crippen molar-refractivity contribution in [3.05, 3.63) is 96.5 Å². The second-order valence-electron chi connectivity index (χ2n) is 10.5. The molecule has 4 rings (SSSR count). The van der Waals surface area contributed by atoms with Gasteiger partial charge in [-0.15, -0.1) is 0 Å². The number of benzene rings is 3. The highest BCUT2D eigenvalue weighted by Gasteiger charge is 2.55. The summed E-state index contributed by atoms with van der Waals surface area (Å²) in [5, 5.41) is 14.1. The summed E-state index contributed by atoms with van der Waals surface area (Å²) in [6.07, 6.45) is -5.26. The lowest BCUT2D eigenvalue weighted by Gasteiger charge is -2.35. The Hall–Kier alpha value is -3.96. The Morgan fingerprint density at radius 1 is 0.907 bits per heavy atom. The Kier molecular flexibility index (Phi) is 10.4. The van der Waals surface area contributed by atoms with Crippen LogP contribution in [0.1, 0.15) is 27.7 Å². The van der Waals surface area contributed by atoms with Crippen LogP contribution in [-0.4, -0.2) is 79.3 Å². The number of hydrogen-bond acceptors (Lipinski definition) is 8. The maximum atomic E-state index is 12.4. The Balaban J connectivity index is 1.78. The third-order valence-corrected chi connectivity index (χ3v) is 11.1. The zero-order chi connectivity index (χ0) is 31.0. The number of aliphatic hydroxyl groups is 1. The Bertz CT molecular complexity index is 1330. The quantitative estimate of drug-likeness (QED) is 0.0824. The minimum Gasteiger partial charge on any atom is -0.457 e. The number of aliphatic hydroxyl groups excluding tert-OH is 1. The van der Waals surface area contributed by atoms with Gasteiger partial charge in [0.1, 0.15) is 12.2 Å². The molecule has 0 saturated carbocycles. The molecule has 0 spiro atoms. The molecule has 1 saturated heterocycles. The van der Waals surface area contributed by atoms with Gasteiger partial charge in [0.25, 0.3) is 8.32 Å². The van der Waals surface area contributed by atoms with Gasteiger partial charge in [0.05, 0.1) is 13.2 Å². The molecule has 1 aliphatic rings. The van der Waals surface area contributed by atoms with Crippen LogP contribution in [0.3, 0.4) is 0 Å². The van der Waals surface area contributed by atoms with Gasteiger partial charge in [-0.1, -0.05) is 91.0 Å². The topological polar surface area (TPSA) is 137 Å². The van der Waals surface area contributed by atoms with E-state index < -0.39 is 56.2 Å². The van der Waals surface area contributed by atoms with E-state index in [1.807, 2.05) is 91.0 Å². The highest BCUT2D eigenvalue weighted by molar-refractivity contribution is 7.07. The molecule has 1 fully saturated rings. The van der Waals surface area contributed by atoms with Gasteiger partial charge in [-0.25, -0.2) is 4.79 Å². The molecule has 11 heteroatoms. The maximum absolute atomic E-state index is 12.4. The highest BCUT2D eigenvalue weighted by Crippen LogP contribution is 2.33. The van der Waals surface area contributed by atoms with Crippen LogP contribution in [0.2, 0.25) is 0 Å². The van der Waals surface area contributed by atoms with Gasteiger partial charge in [0.2, 0.25) is 0 Å². The third-order valence-electron chi connectivity index (χ3n) is 7.04. The van der Waals surface area contributed by atoms with E-state index in [9.17, 15) is 20.2 Å². The molecule has 0 bridgehead atoms. The molecule has 43 heavy (non-hydrogen) atoms. The highest BCUT2D eigenvalue weighted by atomic mass is 28.4. The van der Waals surface area contributed by atoms with Crippen LogP contribution < -0.4 is 15.6 Å². The van der Waals surface area contributed by atoms with Gasteiger partial charge in [0, 0.05) is 6.92 Å². The molecular formula is C32H36N2O8Si. The predicted octanol–water partition coefficient (Wildman–Crippen LogP) is 1.72. The number of nitrogens with zero attached hydrogens (tertiary/aromatic N) is 2. The number of esters is 2. The molecule has 4 atom stereocenters. The largest absolute Gasteiger partial charge is 0.457 e. The molecule has 1 heterocycles. The Morgan fingerprint density at radius 2 is 1.37 bits per heavy atom. The van der Waals surface area contributed by atoms with Gasteiger partial charge >= 0.3 is 17.7 Å². The fourth-order valence-corrected chi connectivity index (χ4v) is 9.21. The van der Waals surface area contributed by atoms with E-state index in [2.05, 4.69) is 4.79 Å². The molecule has 3 aromatic carbocycles. The molecule has 0 aliphatic carbocycles. The van der Waals surface area contributed by atoms with Gasteiger partial charge < -0.3 is 34.0 Å². The van der Waals surface area contributed by atoms with Crippen molar-refractivity contribution in [2.24, 2.45) is 0 Å². The fourth-order valence-electron chi connectivity index (χ4n) is 5.32. The van der Waals surface area contributed by atoms with E-state index in [0.29, 0.717) is 0 Å². The molecule has 10 nitrogen and oxygen atoms in total. The van der Waals surface area contributed by atoms with E-state index in [0.717, 1.165) is 15.6 Å². The lowest BCUT2D eigenvalue weighted by molar-refractivity contribution is -0.173. The lowest BCUT2D eigenvalue weighted by atomic mass is 10.00. The molecule has 1 aliphatic heterocycles. The zero-order valence-electron chi connectivity index (χ0n) is 24.6. The van der Waals surface area contributed by atoms with Crippen molar-refractivity contribution >= 4 is 41.5 Å². The summed E-state index contributed by atoms with van der Waals surface area (Å²) < 4.78 is 29.8. The fraction of sp³-hybridized carbons (Fsp3) is 0.344. The van der Waals surface area contributed by atoms with Gasteiger partial charge in [-0.05, 0) is 36.3 Å². The Labute approximate surface area is 251 Å². The van der Waals surface area contributed by atoms with E-state index in [1.54, 1.807) is 20.8 Å². The summed E-state index contributed by atoms with van der Waals surface area (Å²) in [7, 11) is -3.22. The number of hydrogen-bond donors (Lipinski definition) is 1. The first-order chi connectivity index (χ1) is 20.6. The molecule has 1 N–H and O–H groups in total. The molecule has 0 radical (unpaired) electrons. The number of rotatable bonds is 12. The summed E-state index contributed by atoms with van der Waals surface area (Å²) in [6.45, 7) is 5.93. The second-order valence-corrected chi connectivity index (χ2v) is 13.8. The van der Waals surface area contributed by atoms with E-state index >= 15 is 0 Å². The van der Waals surface area contributed by atoms with Crippen LogP contribution in [-0.2, 0) is 33.0 Å². The standard InChI is InChI=1S/C32H36N2O8Si/c1-5-38-31(37)27(34-33)28(36)30-29(41-32(3,4)42-30)26(40-22(2)35)21-39-43(23-15-9-6-10-16-23,24-17-11-7-12-18-24)25-19-13-8-14-20-25/h6-20,26,28-30,36H,5,21H2,1-4H3/t26-,28?,29-,30-/m1/s1. The predicted molar refractivity (Wildman–Crippen MR) is 161 cm³/mol. The summed E-state index contributed by atoms with van der Waals surface area (Å²) in [6, 6.07) is 29.6. The first-order valence-corrected chi connectivity index (χ1v) is 15.9. The molecule has 0 amide bonds. The summed E-state index contributed by atoms with van der Waals surface area (Å²) >= 11 is 0. The normalized spacial score (nSPS) is 19.1. The van der Waals surface area contributed by atoms with E-state index in [1.165, 1.54) is 6.92 Å². The maximum Gasteiger partial charge on any atom is 0.419 e. The smallest absolute Gasteiger partial charge is 0.419 e. The Morgan fingerprint density at radius 3 is 1.79 bits per heavy atom. The van der Waals surface area contributed by atoms with Crippen molar-refractivity contribution in [2.75, 3.05) is 13.2 Å². The van der Waals surface area contributed by atoms with Crippen molar-refractivity contribution in [1.29, 1.82) is 0 Å². The molecule has 0 aromatic heterocycles. The average molecular weight is 605 g/mol. The minimum atomic E-state index is -3.22.